The lowest BCUT2D eigenvalue weighted by Gasteiger charge is -2.12. The molecule has 8 heteroatoms. The van der Waals surface area contributed by atoms with Crippen molar-refractivity contribution in [3.05, 3.63) is 89.5 Å². The fraction of sp³-hybridized carbons (Fsp3) is 0.0476. The van der Waals surface area contributed by atoms with Gasteiger partial charge < -0.3 is 10.4 Å². The Labute approximate surface area is 168 Å². The maximum Gasteiger partial charge on any atom is 0.335 e. The molecule has 3 aromatic carbocycles. The van der Waals surface area contributed by atoms with E-state index in [-0.39, 0.29) is 16.0 Å². The summed E-state index contributed by atoms with van der Waals surface area (Å²) in [5, 5.41) is 11.6. The molecule has 0 aromatic heterocycles. The number of nitrogens with one attached hydrogen (secondary N) is 2. The molecular weight excluding hydrogens is 392 g/mol. The van der Waals surface area contributed by atoms with Crippen LogP contribution in [-0.4, -0.2) is 25.4 Å². The predicted molar refractivity (Wildman–Crippen MR) is 110 cm³/mol. The summed E-state index contributed by atoms with van der Waals surface area (Å²) < 4.78 is 28.0. The number of hydrogen-bond acceptors (Lipinski definition) is 4. The molecule has 3 rings (SSSR count). The second-order valence-electron chi connectivity index (χ2n) is 6.29. The van der Waals surface area contributed by atoms with Crippen molar-refractivity contribution >= 4 is 33.3 Å². The van der Waals surface area contributed by atoms with E-state index in [0.29, 0.717) is 16.9 Å². The summed E-state index contributed by atoms with van der Waals surface area (Å²) in [6.07, 6.45) is 0. The second-order valence-corrected chi connectivity index (χ2v) is 7.94. The molecule has 3 N–H and O–H groups in total. The molecule has 0 atom stereocenters. The van der Waals surface area contributed by atoms with E-state index in [9.17, 15) is 18.0 Å². The van der Waals surface area contributed by atoms with Crippen LogP contribution < -0.4 is 10.0 Å². The molecule has 148 valence electrons. The number of carboxylic acid groups (broad SMARTS) is 1. The first kappa shape index (κ1) is 20.1. The Kier molecular flexibility index (Phi) is 5.65. The van der Waals surface area contributed by atoms with Crippen LogP contribution in [0.3, 0.4) is 0 Å². The summed E-state index contributed by atoms with van der Waals surface area (Å²) in [5.41, 5.74) is 1.35. The third-order valence-corrected chi connectivity index (χ3v) is 5.66. The fourth-order valence-corrected chi connectivity index (χ4v) is 4.01. The van der Waals surface area contributed by atoms with Crippen LogP contribution in [-0.2, 0) is 10.0 Å². The van der Waals surface area contributed by atoms with Crippen molar-refractivity contribution in [3.63, 3.8) is 0 Å². The minimum absolute atomic E-state index is 0.0201. The van der Waals surface area contributed by atoms with Crippen LogP contribution in [0.1, 0.15) is 26.3 Å². The first-order valence-electron chi connectivity index (χ1n) is 8.59. The van der Waals surface area contributed by atoms with Crippen LogP contribution in [0.4, 0.5) is 11.4 Å². The molecule has 3 aromatic rings. The number of aryl methyl sites for hydroxylation is 1. The molecular formula is C21H18N2O5S. The number of amides is 1. The quantitative estimate of drug-likeness (QED) is 0.573. The number of carbonyl (C=O) groups excluding carboxylic acids is 1. The molecule has 0 spiro atoms. The van der Waals surface area contributed by atoms with Gasteiger partial charge in [-0.1, -0.05) is 30.3 Å². The van der Waals surface area contributed by atoms with Gasteiger partial charge in [0.25, 0.3) is 15.9 Å². The van der Waals surface area contributed by atoms with Gasteiger partial charge in [-0.05, 0) is 55.0 Å². The summed E-state index contributed by atoms with van der Waals surface area (Å²) in [7, 11) is -3.90. The van der Waals surface area contributed by atoms with Gasteiger partial charge in [0.2, 0.25) is 0 Å². The SMILES string of the molecule is Cc1ccc(C(=O)Nc2cccc(C(=O)O)c2)cc1S(=O)(=O)Nc1ccccc1. The maximum absolute atomic E-state index is 12.8. The average molecular weight is 410 g/mol. The van der Waals surface area contributed by atoms with Crippen LogP contribution in [0.15, 0.2) is 77.7 Å². The van der Waals surface area contributed by atoms with Gasteiger partial charge >= 0.3 is 5.97 Å². The van der Waals surface area contributed by atoms with Gasteiger partial charge in [-0.2, -0.15) is 0 Å². The van der Waals surface area contributed by atoms with Crippen LogP contribution >= 0.6 is 0 Å². The van der Waals surface area contributed by atoms with Crippen molar-refractivity contribution in [2.24, 2.45) is 0 Å². The van der Waals surface area contributed by atoms with E-state index >= 15 is 0 Å². The summed E-state index contributed by atoms with van der Waals surface area (Å²) in [5.74, 6) is -1.67. The van der Waals surface area contributed by atoms with Crippen molar-refractivity contribution in [1.82, 2.24) is 0 Å². The summed E-state index contributed by atoms with van der Waals surface area (Å²) in [4.78, 5) is 23.6. The molecule has 0 saturated heterocycles. The van der Waals surface area contributed by atoms with E-state index < -0.39 is 21.9 Å². The number of anilines is 2. The highest BCUT2D eigenvalue weighted by atomic mass is 32.2. The van der Waals surface area contributed by atoms with Gasteiger partial charge in [0.15, 0.2) is 0 Å². The van der Waals surface area contributed by atoms with Crippen LogP contribution in [0.2, 0.25) is 0 Å². The van der Waals surface area contributed by atoms with Crippen LogP contribution in [0.25, 0.3) is 0 Å². The summed E-state index contributed by atoms with van der Waals surface area (Å²) >= 11 is 0. The van der Waals surface area contributed by atoms with E-state index in [4.69, 9.17) is 5.11 Å². The lowest BCUT2D eigenvalue weighted by Crippen LogP contribution is -2.17. The Hall–Kier alpha value is -3.65. The molecule has 7 nitrogen and oxygen atoms in total. The zero-order valence-electron chi connectivity index (χ0n) is 15.4. The van der Waals surface area contributed by atoms with E-state index in [1.165, 1.54) is 30.3 Å². The highest BCUT2D eigenvalue weighted by molar-refractivity contribution is 7.92. The Balaban J connectivity index is 1.87. The monoisotopic (exact) mass is 410 g/mol. The molecule has 0 heterocycles. The third kappa shape index (κ3) is 4.80. The average Bonchev–Trinajstić information content (AvgIpc) is 2.68. The predicted octanol–water partition coefficient (Wildman–Crippen LogP) is 3.75. The number of benzene rings is 3. The van der Waals surface area contributed by atoms with Crippen molar-refractivity contribution < 1.29 is 23.1 Å². The molecule has 0 unspecified atom stereocenters. The van der Waals surface area contributed by atoms with E-state index in [0.717, 1.165) is 0 Å². The number of sulfonamides is 1. The van der Waals surface area contributed by atoms with Crippen molar-refractivity contribution in [1.29, 1.82) is 0 Å². The molecule has 0 aliphatic rings. The van der Waals surface area contributed by atoms with Crippen LogP contribution in [0.5, 0.6) is 0 Å². The molecule has 1 amide bonds. The zero-order chi connectivity index (χ0) is 21.0. The zero-order valence-corrected chi connectivity index (χ0v) is 16.2. The lowest BCUT2D eigenvalue weighted by molar-refractivity contribution is 0.0696. The lowest BCUT2D eigenvalue weighted by atomic mass is 10.1. The van der Waals surface area contributed by atoms with Gasteiger partial charge in [-0.15, -0.1) is 0 Å². The Morgan fingerprint density at radius 1 is 0.828 bits per heavy atom. The minimum atomic E-state index is -3.90. The highest BCUT2D eigenvalue weighted by Gasteiger charge is 2.19. The molecule has 29 heavy (non-hydrogen) atoms. The summed E-state index contributed by atoms with van der Waals surface area (Å²) in [6.45, 7) is 1.64. The Morgan fingerprint density at radius 2 is 1.52 bits per heavy atom. The van der Waals surface area contributed by atoms with Gasteiger partial charge in [0, 0.05) is 16.9 Å². The van der Waals surface area contributed by atoms with Crippen molar-refractivity contribution in [3.8, 4) is 0 Å². The van der Waals surface area contributed by atoms with Crippen LogP contribution in [0, 0.1) is 6.92 Å². The topological polar surface area (TPSA) is 113 Å². The van der Waals surface area contributed by atoms with Crippen molar-refractivity contribution in [2.75, 3.05) is 10.0 Å². The third-order valence-electron chi connectivity index (χ3n) is 4.13. The first-order valence-corrected chi connectivity index (χ1v) is 10.1. The number of carboxylic acids is 1. The molecule has 0 radical (unpaired) electrons. The molecule has 0 bridgehead atoms. The fourth-order valence-electron chi connectivity index (χ4n) is 2.68. The first-order chi connectivity index (χ1) is 13.8. The summed E-state index contributed by atoms with van der Waals surface area (Å²) in [6, 6.07) is 18.6. The van der Waals surface area contributed by atoms with E-state index in [1.54, 1.807) is 49.4 Å². The molecule has 0 aliphatic heterocycles. The van der Waals surface area contributed by atoms with E-state index in [1.807, 2.05) is 0 Å². The Bertz CT molecular complexity index is 1170. The number of carbonyl (C=O) groups is 2. The maximum atomic E-state index is 12.8. The largest absolute Gasteiger partial charge is 0.478 e. The second kappa shape index (κ2) is 8.15. The van der Waals surface area contributed by atoms with Crippen molar-refractivity contribution in [2.45, 2.75) is 11.8 Å². The Morgan fingerprint density at radius 3 is 2.21 bits per heavy atom. The number of rotatable bonds is 6. The smallest absolute Gasteiger partial charge is 0.335 e. The highest BCUT2D eigenvalue weighted by Crippen LogP contribution is 2.21. The number of para-hydroxylation sites is 1. The van der Waals surface area contributed by atoms with Gasteiger partial charge in [0.1, 0.15) is 0 Å². The van der Waals surface area contributed by atoms with Gasteiger partial charge in [-0.3, -0.25) is 9.52 Å². The number of hydrogen-bond donors (Lipinski definition) is 3. The molecule has 0 saturated carbocycles. The standard InChI is InChI=1S/C21H18N2O5S/c1-14-10-11-15(20(24)22-18-9-5-6-16(12-18)21(25)26)13-19(14)29(27,28)23-17-7-3-2-4-8-17/h2-13,23H,1H3,(H,22,24)(H,25,26). The molecule has 0 fully saturated rings. The van der Waals surface area contributed by atoms with Gasteiger partial charge in [-0.25, -0.2) is 13.2 Å². The normalized spacial score (nSPS) is 10.9. The van der Waals surface area contributed by atoms with Gasteiger partial charge in [0.05, 0.1) is 10.5 Å². The van der Waals surface area contributed by atoms with E-state index in [2.05, 4.69) is 10.0 Å². The molecule has 0 aliphatic carbocycles. The number of aromatic carboxylic acids is 1. The minimum Gasteiger partial charge on any atom is -0.478 e.